The Morgan fingerprint density at radius 3 is 2.23 bits per heavy atom. The van der Waals surface area contributed by atoms with Gasteiger partial charge in [-0.05, 0) is 70.5 Å². The molecule has 2 amide bonds. The first-order valence-corrected chi connectivity index (χ1v) is 11.4. The van der Waals surface area contributed by atoms with E-state index in [1.807, 2.05) is 56.0 Å². The Labute approximate surface area is 186 Å². The molecular formula is C24H37N3O4. The fourth-order valence-electron chi connectivity index (χ4n) is 4.33. The van der Waals surface area contributed by atoms with Crippen LogP contribution in [0.5, 0.6) is 0 Å². The first-order valence-electron chi connectivity index (χ1n) is 11.4. The van der Waals surface area contributed by atoms with Crippen molar-refractivity contribution < 1.29 is 19.1 Å². The van der Waals surface area contributed by atoms with Gasteiger partial charge in [0.2, 0.25) is 0 Å². The summed E-state index contributed by atoms with van der Waals surface area (Å²) < 4.78 is 10.8. The molecule has 7 nitrogen and oxygen atoms in total. The second-order valence-corrected chi connectivity index (χ2v) is 9.80. The predicted octanol–water partition coefficient (Wildman–Crippen LogP) is 4.03. The van der Waals surface area contributed by atoms with Crippen LogP contribution in [0.25, 0.3) is 0 Å². The van der Waals surface area contributed by atoms with Gasteiger partial charge in [0.25, 0.3) is 0 Å². The molecule has 172 valence electrons. The number of carbonyl (C=O) groups excluding carboxylic acids is 2. The number of hydrogen-bond acceptors (Lipinski definition) is 5. The number of ether oxygens (including phenoxy) is 2. The van der Waals surface area contributed by atoms with E-state index in [0.29, 0.717) is 18.6 Å². The van der Waals surface area contributed by atoms with Crippen LogP contribution in [0.4, 0.5) is 9.59 Å². The average molecular weight is 432 g/mol. The van der Waals surface area contributed by atoms with Crippen LogP contribution in [-0.2, 0) is 16.1 Å². The number of nitrogens with zero attached hydrogens (tertiary/aromatic N) is 2. The monoisotopic (exact) mass is 431 g/mol. The molecule has 1 spiro atoms. The fourth-order valence-corrected chi connectivity index (χ4v) is 4.33. The Hall–Kier alpha value is -2.28. The highest BCUT2D eigenvalue weighted by Crippen LogP contribution is 2.41. The Balaban J connectivity index is 1.30. The Morgan fingerprint density at radius 1 is 1.00 bits per heavy atom. The molecule has 0 bridgehead atoms. The van der Waals surface area contributed by atoms with Crippen molar-refractivity contribution in [1.29, 1.82) is 0 Å². The van der Waals surface area contributed by atoms with Crippen LogP contribution >= 0.6 is 0 Å². The van der Waals surface area contributed by atoms with E-state index in [0.717, 1.165) is 64.0 Å². The van der Waals surface area contributed by atoms with Gasteiger partial charge in [-0.3, -0.25) is 0 Å². The van der Waals surface area contributed by atoms with Crippen LogP contribution in [0.1, 0.15) is 52.0 Å². The van der Waals surface area contributed by atoms with Gasteiger partial charge >= 0.3 is 12.2 Å². The van der Waals surface area contributed by atoms with Crippen molar-refractivity contribution in [1.82, 2.24) is 15.1 Å². The van der Waals surface area contributed by atoms with Crippen LogP contribution in [0, 0.1) is 5.41 Å². The number of amides is 2. The van der Waals surface area contributed by atoms with E-state index >= 15 is 0 Å². The maximum atomic E-state index is 12.3. The number of alkyl carbamates (subject to hydrolysis) is 1. The number of nitrogens with one attached hydrogen (secondary N) is 1. The van der Waals surface area contributed by atoms with E-state index in [1.54, 1.807) is 0 Å². The molecule has 2 aliphatic heterocycles. The summed E-state index contributed by atoms with van der Waals surface area (Å²) in [5, 5.41) is 2.85. The molecule has 0 saturated carbocycles. The minimum absolute atomic E-state index is 0.190. The van der Waals surface area contributed by atoms with Crippen LogP contribution in [-0.4, -0.2) is 66.9 Å². The summed E-state index contributed by atoms with van der Waals surface area (Å²) >= 11 is 0. The van der Waals surface area contributed by atoms with E-state index < -0.39 is 5.60 Å². The quantitative estimate of drug-likeness (QED) is 0.762. The summed E-state index contributed by atoms with van der Waals surface area (Å²) in [5.41, 5.74) is 0.882. The summed E-state index contributed by atoms with van der Waals surface area (Å²) in [6, 6.07) is 9.68. The molecule has 0 atom stereocenters. The van der Waals surface area contributed by atoms with E-state index in [2.05, 4.69) is 10.2 Å². The Morgan fingerprint density at radius 2 is 1.61 bits per heavy atom. The lowest BCUT2D eigenvalue weighted by Gasteiger charge is -2.46. The molecule has 0 aliphatic carbocycles. The molecule has 1 aromatic rings. The zero-order valence-electron chi connectivity index (χ0n) is 19.2. The number of piperidine rings is 2. The number of benzene rings is 1. The molecule has 0 aromatic heterocycles. The average Bonchev–Trinajstić information content (AvgIpc) is 2.74. The minimum Gasteiger partial charge on any atom is -0.445 e. The first kappa shape index (κ1) is 23.4. The molecular weight excluding hydrogens is 394 g/mol. The third-order valence-electron chi connectivity index (χ3n) is 6.30. The Kier molecular flexibility index (Phi) is 7.81. The summed E-state index contributed by atoms with van der Waals surface area (Å²) in [4.78, 5) is 28.4. The fraction of sp³-hybridized carbons (Fsp3) is 0.667. The van der Waals surface area contributed by atoms with Gasteiger partial charge in [0.15, 0.2) is 0 Å². The van der Waals surface area contributed by atoms with Gasteiger partial charge in [0.1, 0.15) is 12.2 Å². The Bertz CT molecular complexity index is 714. The summed E-state index contributed by atoms with van der Waals surface area (Å²) in [6.45, 7) is 11.1. The largest absolute Gasteiger partial charge is 0.445 e. The van der Waals surface area contributed by atoms with E-state index in [9.17, 15) is 9.59 Å². The summed E-state index contributed by atoms with van der Waals surface area (Å²) in [7, 11) is 0. The van der Waals surface area contributed by atoms with E-state index in [-0.39, 0.29) is 12.2 Å². The highest BCUT2D eigenvalue weighted by atomic mass is 16.6. The number of carbonyl (C=O) groups is 2. The highest BCUT2D eigenvalue weighted by molar-refractivity contribution is 5.68. The molecule has 2 saturated heterocycles. The smallest absolute Gasteiger partial charge is 0.410 e. The standard InChI is InChI=1S/C24H37N3O4/c1-23(2,3)31-22(29)27-16-11-24(12-17-27)9-14-26(15-10-24)18-13-25-21(28)30-19-20-7-5-4-6-8-20/h4-8H,9-19H2,1-3H3,(H,25,28). The number of likely N-dealkylation sites (tertiary alicyclic amines) is 2. The molecule has 0 unspecified atom stereocenters. The van der Waals surface area contributed by atoms with Crippen molar-refractivity contribution in [2.24, 2.45) is 5.41 Å². The van der Waals surface area contributed by atoms with Gasteiger partial charge in [-0.15, -0.1) is 0 Å². The molecule has 31 heavy (non-hydrogen) atoms. The predicted molar refractivity (Wildman–Crippen MR) is 120 cm³/mol. The SMILES string of the molecule is CC(C)(C)OC(=O)N1CCC2(CCN(CCNC(=O)OCc3ccccc3)CC2)CC1. The van der Waals surface area contributed by atoms with Gasteiger partial charge in [0, 0.05) is 26.2 Å². The van der Waals surface area contributed by atoms with Gasteiger partial charge in [0.05, 0.1) is 0 Å². The topological polar surface area (TPSA) is 71.1 Å². The second-order valence-electron chi connectivity index (χ2n) is 9.80. The van der Waals surface area contributed by atoms with Crippen molar-refractivity contribution in [3.63, 3.8) is 0 Å². The maximum absolute atomic E-state index is 12.3. The van der Waals surface area contributed by atoms with Gasteiger partial charge in [-0.1, -0.05) is 30.3 Å². The molecule has 2 aliphatic rings. The molecule has 1 N–H and O–H groups in total. The second kappa shape index (κ2) is 10.4. The van der Waals surface area contributed by atoms with E-state index in [4.69, 9.17) is 9.47 Å². The summed E-state index contributed by atoms with van der Waals surface area (Å²) in [6.07, 6.45) is 3.83. The molecule has 3 rings (SSSR count). The van der Waals surface area contributed by atoms with Crippen molar-refractivity contribution in [3.8, 4) is 0 Å². The van der Waals surface area contributed by atoms with E-state index in [1.165, 1.54) is 0 Å². The molecule has 7 heteroatoms. The molecule has 1 aromatic carbocycles. The number of rotatable bonds is 5. The lowest BCUT2D eigenvalue weighted by molar-refractivity contribution is -0.00232. The lowest BCUT2D eigenvalue weighted by Crippen LogP contribution is -2.50. The lowest BCUT2D eigenvalue weighted by atomic mass is 9.71. The van der Waals surface area contributed by atoms with Crippen molar-refractivity contribution in [2.45, 2.75) is 58.7 Å². The zero-order chi connectivity index (χ0) is 22.3. The third kappa shape index (κ3) is 7.42. The zero-order valence-corrected chi connectivity index (χ0v) is 19.2. The summed E-state index contributed by atoms with van der Waals surface area (Å²) in [5.74, 6) is 0. The minimum atomic E-state index is -0.445. The van der Waals surface area contributed by atoms with Crippen molar-refractivity contribution >= 4 is 12.2 Å². The van der Waals surface area contributed by atoms with Crippen molar-refractivity contribution in [2.75, 3.05) is 39.3 Å². The van der Waals surface area contributed by atoms with Gasteiger partial charge < -0.3 is 24.6 Å². The number of hydrogen-bond donors (Lipinski definition) is 1. The normalized spacial score (nSPS) is 19.1. The maximum Gasteiger partial charge on any atom is 0.410 e. The third-order valence-corrected chi connectivity index (χ3v) is 6.30. The molecule has 2 heterocycles. The van der Waals surface area contributed by atoms with Crippen molar-refractivity contribution in [3.05, 3.63) is 35.9 Å². The van der Waals surface area contributed by atoms with Crippen LogP contribution in [0.3, 0.4) is 0 Å². The molecule has 2 fully saturated rings. The highest BCUT2D eigenvalue weighted by Gasteiger charge is 2.39. The van der Waals surface area contributed by atoms with Crippen LogP contribution in [0.2, 0.25) is 0 Å². The van der Waals surface area contributed by atoms with Gasteiger partial charge in [-0.2, -0.15) is 0 Å². The first-order chi connectivity index (χ1) is 14.7. The van der Waals surface area contributed by atoms with Crippen LogP contribution < -0.4 is 5.32 Å². The van der Waals surface area contributed by atoms with Gasteiger partial charge in [-0.25, -0.2) is 9.59 Å². The van der Waals surface area contributed by atoms with Crippen LogP contribution in [0.15, 0.2) is 30.3 Å². The molecule has 0 radical (unpaired) electrons.